The van der Waals surface area contributed by atoms with Gasteiger partial charge in [-0.3, -0.25) is 0 Å². The Balaban J connectivity index is 2.39. The van der Waals surface area contributed by atoms with Crippen LogP contribution in [-0.4, -0.2) is 24.7 Å². The summed E-state index contributed by atoms with van der Waals surface area (Å²) in [5.74, 6) is -0.294. The molecule has 0 amide bonds. The van der Waals surface area contributed by atoms with E-state index in [0.29, 0.717) is 23.9 Å². The monoisotopic (exact) mass is 320 g/mol. The molecule has 0 aromatic heterocycles. The zero-order valence-electron chi connectivity index (χ0n) is 14.8. The van der Waals surface area contributed by atoms with Gasteiger partial charge >= 0.3 is 5.97 Å². The zero-order valence-corrected chi connectivity index (χ0v) is 14.8. The standard InChI is InChI=1S/C19H32N2O2/c1-4-6-8-18(9-7-5-2)21-15(3)14-23-19(22)16-10-12-17(20)13-11-16/h10-13,15,18,21H,4-9,14,20H2,1-3H3. The highest BCUT2D eigenvalue weighted by Crippen LogP contribution is 2.10. The van der Waals surface area contributed by atoms with Crippen molar-refractivity contribution in [2.45, 2.75) is 71.4 Å². The molecular weight excluding hydrogens is 288 g/mol. The second-order valence-corrected chi connectivity index (χ2v) is 6.27. The first kappa shape index (κ1) is 19.5. The van der Waals surface area contributed by atoms with Crippen LogP contribution in [-0.2, 0) is 4.74 Å². The maximum atomic E-state index is 12.0. The molecule has 0 bridgehead atoms. The lowest BCUT2D eigenvalue weighted by Crippen LogP contribution is -2.39. The molecule has 4 heteroatoms. The largest absolute Gasteiger partial charge is 0.460 e. The van der Waals surface area contributed by atoms with E-state index in [1.54, 1.807) is 24.3 Å². The minimum absolute atomic E-state index is 0.159. The highest BCUT2D eigenvalue weighted by atomic mass is 16.5. The number of esters is 1. The molecular formula is C19H32N2O2. The van der Waals surface area contributed by atoms with Crippen molar-refractivity contribution in [2.24, 2.45) is 0 Å². The Morgan fingerprint density at radius 2 is 1.70 bits per heavy atom. The number of unbranched alkanes of at least 4 members (excludes halogenated alkanes) is 2. The number of ether oxygens (including phenoxy) is 1. The van der Waals surface area contributed by atoms with Gasteiger partial charge < -0.3 is 15.8 Å². The second-order valence-electron chi connectivity index (χ2n) is 6.27. The molecule has 0 radical (unpaired) electrons. The molecule has 0 heterocycles. The Bertz CT molecular complexity index is 437. The molecule has 0 aliphatic rings. The van der Waals surface area contributed by atoms with Gasteiger partial charge in [-0.05, 0) is 44.0 Å². The summed E-state index contributed by atoms with van der Waals surface area (Å²) in [5.41, 5.74) is 6.81. The Kier molecular flexibility index (Phi) is 9.37. The number of carbonyl (C=O) groups is 1. The molecule has 0 aliphatic heterocycles. The highest BCUT2D eigenvalue weighted by molar-refractivity contribution is 5.89. The number of hydrogen-bond donors (Lipinski definition) is 2. The number of anilines is 1. The fraction of sp³-hybridized carbons (Fsp3) is 0.632. The van der Waals surface area contributed by atoms with Crippen molar-refractivity contribution in [3.05, 3.63) is 29.8 Å². The molecule has 0 saturated carbocycles. The Morgan fingerprint density at radius 3 is 2.22 bits per heavy atom. The summed E-state index contributed by atoms with van der Waals surface area (Å²) >= 11 is 0. The summed E-state index contributed by atoms with van der Waals surface area (Å²) in [5, 5.41) is 3.61. The molecule has 4 nitrogen and oxygen atoms in total. The first-order valence-corrected chi connectivity index (χ1v) is 8.85. The Hall–Kier alpha value is -1.55. The van der Waals surface area contributed by atoms with E-state index in [9.17, 15) is 4.79 Å². The molecule has 0 aliphatic carbocycles. The molecule has 0 saturated heterocycles. The number of hydrogen-bond acceptors (Lipinski definition) is 4. The maximum absolute atomic E-state index is 12.0. The normalized spacial score (nSPS) is 12.3. The van der Waals surface area contributed by atoms with Crippen LogP contribution < -0.4 is 11.1 Å². The van der Waals surface area contributed by atoms with E-state index < -0.39 is 0 Å². The fourth-order valence-electron chi connectivity index (χ4n) is 2.57. The minimum atomic E-state index is -0.294. The lowest BCUT2D eigenvalue weighted by atomic mass is 10.0. The number of nitrogens with two attached hydrogens (primary N) is 1. The van der Waals surface area contributed by atoms with Gasteiger partial charge in [-0.15, -0.1) is 0 Å². The number of carbonyl (C=O) groups excluding carboxylic acids is 1. The van der Waals surface area contributed by atoms with E-state index in [1.165, 1.54) is 38.5 Å². The molecule has 0 fully saturated rings. The number of benzene rings is 1. The zero-order chi connectivity index (χ0) is 17.1. The van der Waals surface area contributed by atoms with Crippen LogP contribution in [0, 0.1) is 0 Å². The molecule has 130 valence electrons. The third kappa shape index (κ3) is 8.03. The van der Waals surface area contributed by atoms with Crippen molar-refractivity contribution in [2.75, 3.05) is 12.3 Å². The first-order chi connectivity index (χ1) is 11.1. The molecule has 1 aromatic rings. The van der Waals surface area contributed by atoms with Crippen LogP contribution in [0.2, 0.25) is 0 Å². The Labute approximate surface area is 140 Å². The summed E-state index contributed by atoms with van der Waals surface area (Å²) in [4.78, 5) is 12.0. The smallest absolute Gasteiger partial charge is 0.338 e. The van der Waals surface area contributed by atoms with Gasteiger partial charge in [0.05, 0.1) is 5.56 Å². The number of nitrogens with one attached hydrogen (secondary N) is 1. The van der Waals surface area contributed by atoms with Crippen molar-refractivity contribution < 1.29 is 9.53 Å². The predicted octanol–water partition coefficient (Wildman–Crippen LogP) is 4.15. The van der Waals surface area contributed by atoms with Gasteiger partial charge in [-0.25, -0.2) is 4.79 Å². The van der Waals surface area contributed by atoms with Crippen molar-refractivity contribution in [1.82, 2.24) is 5.32 Å². The van der Waals surface area contributed by atoms with Crippen LogP contribution in [0.3, 0.4) is 0 Å². The van der Waals surface area contributed by atoms with E-state index in [0.717, 1.165) is 0 Å². The van der Waals surface area contributed by atoms with Gasteiger partial charge in [-0.1, -0.05) is 39.5 Å². The van der Waals surface area contributed by atoms with Gasteiger partial charge in [0.1, 0.15) is 6.61 Å². The molecule has 3 N–H and O–H groups in total. The minimum Gasteiger partial charge on any atom is -0.460 e. The molecule has 0 spiro atoms. The third-order valence-corrected chi connectivity index (χ3v) is 3.94. The second kappa shape index (κ2) is 11.1. The predicted molar refractivity (Wildman–Crippen MR) is 96.6 cm³/mol. The average Bonchev–Trinajstić information content (AvgIpc) is 2.55. The average molecular weight is 320 g/mol. The molecule has 23 heavy (non-hydrogen) atoms. The highest BCUT2D eigenvalue weighted by Gasteiger charge is 2.14. The summed E-state index contributed by atoms with van der Waals surface area (Å²) in [6.45, 7) is 6.89. The Morgan fingerprint density at radius 1 is 1.13 bits per heavy atom. The van der Waals surface area contributed by atoms with Gasteiger partial charge in [0.15, 0.2) is 0 Å². The van der Waals surface area contributed by atoms with E-state index in [2.05, 4.69) is 26.1 Å². The van der Waals surface area contributed by atoms with Crippen molar-refractivity contribution in [3.8, 4) is 0 Å². The number of nitrogen functional groups attached to an aromatic ring is 1. The van der Waals surface area contributed by atoms with Crippen molar-refractivity contribution in [1.29, 1.82) is 0 Å². The van der Waals surface area contributed by atoms with E-state index >= 15 is 0 Å². The van der Waals surface area contributed by atoms with E-state index in [4.69, 9.17) is 10.5 Å². The molecule has 1 atom stereocenters. The van der Waals surface area contributed by atoms with Gasteiger partial charge in [0, 0.05) is 17.8 Å². The summed E-state index contributed by atoms with van der Waals surface area (Å²) in [6.07, 6.45) is 7.27. The summed E-state index contributed by atoms with van der Waals surface area (Å²) in [6, 6.07) is 7.49. The molecule has 1 unspecified atom stereocenters. The van der Waals surface area contributed by atoms with E-state index in [-0.39, 0.29) is 12.0 Å². The van der Waals surface area contributed by atoms with Crippen LogP contribution in [0.4, 0.5) is 5.69 Å². The van der Waals surface area contributed by atoms with Gasteiger partial charge in [-0.2, -0.15) is 0 Å². The third-order valence-electron chi connectivity index (χ3n) is 3.94. The number of rotatable bonds is 11. The van der Waals surface area contributed by atoms with Crippen molar-refractivity contribution >= 4 is 11.7 Å². The lowest BCUT2D eigenvalue weighted by molar-refractivity contribution is 0.0465. The lowest BCUT2D eigenvalue weighted by Gasteiger charge is -2.23. The maximum Gasteiger partial charge on any atom is 0.338 e. The van der Waals surface area contributed by atoms with Crippen LogP contribution in [0.15, 0.2) is 24.3 Å². The molecule has 1 rings (SSSR count). The van der Waals surface area contributed by atoms with Crippen molar-refractivity contribution in [3.63, 3.8) is 0 Å². The summed E-state index contributed by atoms with van der Waals surface area (Å²) in [7, 11) is 0. The van der Waals surface area contributed by atoms with E-state index in [1.807, 2.05) is 0 Å². The van der Waals surface area contributed by atoms with Crippen LogP contribution in [0.25, 0.3) is 0 Å². The molecule has 1 aromatic carbocycles. The van der Waals surface area contributed by atoms with Crippen LogP contribution in [0.1, 0.15) is 69.7 Å². The van der Waals surface area contributed by atoms with Gasteiger partial charge in [0.2, 0.25) is 0 Å². The topological polar surface area (TPSA) is 64.3 Å². The first-order valence-electron chi connectivity index (χ1n) is 8.85. The quantitative estimate of drug-likeness (QED) is 0.475. The SMILES string of the molecule is CCCCC(CCCC)NC(C)COC(=O)c1ccc(N)cc1. The van der Waals surface area contributed by atoms with Crippen LogP contribution >= 0.6 is 0 Å². The van der Waals surface area contributed by atoms with Gasteiger partial charge in [0.25, 0.3) is 0 Å². The summed E-state index contributed by atoms with van der Waals surface area (Å²) < 4.78 is 5.40. The fourth-order valence-corrected chi connectivity index (χ4v) is 2.57. The van der Waals surface area contributed by atoms with Crippen LogP contribution in [0.5, 0.6) is 0 Å².